The van der Waals surface area contributed by atoms with E-state index in [1.54, 1.807) is 0 Å². The van der Waals surface area contributed by atoms with E-state index < -0.39 is 0 Å². The van der Waals surface area contributed by atoms with Gasteiger partial charge in [-0.2, -0.15) is 0 Å². The monoisotopic (exact) mass is 360 g/mol. The Labute approximate surface area is 164 Å². The summed E-state index contributed by atoms with van der Waals surface area (Å²) in [6, 6.07) is 40.3. The second-order valence-corrected chi connectivity index (χ2v) is 6.74. The van der Waals surface area contributed by atoms with Crippen molar-refractivity contribution in [2.45, 2.75) is 0 Å². The summed E-state index contributed by atoms with van der Waals surface area (Å²) in [7, 11) is 0. The molecule has 4 aromatic carbocycles. The minimum Gasteiger partial charge on any atom is -0.315 e. The van der Waals surface area contributed by atoms with Crippen molar-refractivity contribution in [2.24, 2.45) is 0 Å². The maximum Gasteiger partial charge on any atom is 0.0702 e. The maximum atomic E-state index is 2.31. The van der Waals surface area contributed by atoms with Gasteiger partial charge in [0.1, 0.15) is 0 Å². The lowest BCUT2D eigenvalue weighted by Crippen LogP contribution is -2.12. The highest BCUT2D eigenvalue weighted by atomic mass is 15.2. The average molecular weight is 360 g/mol. The molecule has 28 heavy (non-hydrogen) atoms. The summed E-state index contributed by atoms with van der Waals surface area (Å²) >= 11 is 0. The van der Waals surface area contributed by atoms with Crippen molar-refractivity contribution in [1.82, 2.24) is 4.57 Å². The first-order valence-electron chi connectivity index (χ1n) is 9.47. The van der Waals surface area contributed by atoms with E-state index in [2.05, 4.69) is 131 Å². The van der Waals surface area contributed by atoms with Gasteiger partial charge in [-0.1, -0.05) is 66.7 Å². The van der Waals surface area contributed by atoms with Gasteiger partial charge in [0.25, 0.3) is 0 Å². The summed E-state index contributed by atoms with van der Waals surface area (Å²) in [5.41, 5.74) is 5.77. The summed E-state index contributed by atoms with van der Waals surface area (Å²) in [6.07, 6.45) is 2.15. The van der Waals surface area contributed by atoms with Crippen LogP contribution in [0.3, 0.4) is 0 Å². The molecule has 0 radical (unpaired) electrons. The predicted molar refractivity (Wildman–Crippen MR) is 118 cm³/mol. The van der Waals surface area contributed by atoms with Crippen LogP contribution in [0.15, 0.2) is 121 Å². The Morgan fingerprint density at radius 2 is 1.07 bits per heavy atom. The van der Waals surface area contributed by atoms with Crippen LogP contribution in [0.25, 0.3) is 16.6 Å². The third-order valence-electron chi connectivity index (χ3n) is 5.01. The maximum absolute atomic E-state index is 2.31. The second-order valence-electron chi connectivity index (χ2n) is 6.74. The van der Waals surface area contributed by atoms with Crippen molar-refractivity contribution in [2.75, 3.05) is 4.90 Å². The van der Waals surface area contributed by atoms with Gasteiger partial charge >= 0.3 is 0 Å². The van der Waals surface area contributed by atoms with Crippen molar-refractivity contribution in [3.05, 3.63) is 121 Å². The van der Waals surface area contributed by atoms with Gasteiger partial charge in [0, 0.05) is 17.6 Å². The number of hydrogen-bond acceptors (Lipinski definition) is 1. The fraction of sp³-hybridized carbons (Fsp3) is 0. The molecule has 0 atom stereocenters. The fourth-order valence-electron chi connectivity index (χ4n) is 3.73. The summed E-state index contributed by atoms with van der Waals surface area (Å²) in [5.74, 6) is 0. The van der Waals surface area contributed by atoms with Crippen LogP contribution in [-0.2, 0) is 0 Å². The third-order valence-corrected chi connectivity index (χ3v) is 5.01. The smallest absolute Gasteiger partial charge is 0.0702 e. The lowest BCUT2D eigenvalue weighted by molar-refractivity contribution is 1.11. The molecule has 134 valence electrons. The lowest BCUT2D eigenvalue weighted by atomic mass is 10.1. The van der Waals surface area contributed by atoms with Crippen LogP contribution in [0, 0.1) is 0 Å². The normalized spacial score (nSPS) is 10.9. The number of aromatic nitrogens is 1. The van der Waals surface area contributed by atoms with E-state index in [1.807, 2.05) is 0 Å². The van der Waals surface area contributed by atoms with E-state index in [0.29, 0.717) is 0 Å². The highest BCUT2D eigenvalue weighted by Gasteiger charge is 2.17. The van der Waals surface area contributed by atoms with Crippen LogP contribution < -0.4 is 4.90 Å². The van der Waals surface area contributed by atoms with Crippen LogP contribution in [0.1, 0.15) is 0 Å². The highest BCUT2D eigenvalue weighted by Crippen LogP contribution is 2.38. The fourth-order valence-corrected chi connectivity index (χ4v) is 3.73. The molecule has 0 fully saturated rings. The summed E-state index contributed by atoms with van der Waals surface area (Å²) in [5, 5.41) is 1.24. The lowest BCUT2D eigenvalue weighted by Gasteiger charge is -2.28. The first kappa shape index (κ1) is 16.4. The van der Waals surface area contributed by atoms with Crippen molar-refractivity contribution in [3.8, 4) is 5.69 Å². The number of benzene rings is 4. The van der Waals surface area contributed by atoms with Gasteiger partial charge in [-0.25, -0.2) is 0 Å². The Morgan fingerprint density at radius 3 is 1.79 bits per heavy atom. The molecule has 5 rings (SSSR count). The number of fused-ring (bicyclic) bond motifs is 1. The van der Waals surface area contributed by atoms with Crippen LogP contribution >= 0.6 is 0 Å². The zero-order chi connectivity index (χ0) is 18.8. The Kier molecular flexibility index (Phi) is 4.15. The van der Waals surface area contributed by atoms with Gasteiger partial charge in [0.15, 0.2) is 0 Å². The van der Waals surface area contributed by atoms with Gasteiger partial charge in [-0.05, 0) is 53.9 Å². The molecule has 0 bridgehead atoms. The van der Waals surface area contributed by atoms with Gasteiger partial charge in [0.2, 0.25) is 0 Å². The number of hydrogen-bond donors (Lipinski definition) is 0. The average Bonchev–Trinajstić information content (AvgIpc) is 3.20. The van der Waals surface area contributed by atoms with E-state index in [9.17, 15) is 0 Å². The molecule has 2 heteroatoms. The van der Waals surface area contributed by atoms with Gasteiger partial charge < -0.3 is 9.47 Å². The standard InChI is InChI=1S/C26H20N2/c1-3-12-22(13-4-1)28(23-14-5-2-6-15-23)26-18-10-9-17-25(26)27-20-19-21-11-7-8-16-24(21)27/h1-20H. The number of anilines is 3. The molecule has 0 N–H and O–H groups in total. The molecule has 0 amide bonds. The molecule has 1 heterocycles. The van der Waals surface area contributed by atoms with Gasteiger partial charge in [0.05, 0.1) is 16.9 Å². The largest absolute Gasteiger partial charge is 0.315 e. The quantitative estimate of drug-likeness (QED) is 0.332. The van der Waals surface area contributed by atoms with Gasteiger partial charge in [-0.15, -0.1) is 0 Å². The Morgan fingerprint density at radius 1 is 0.500 bits per heavy atom. The molecule has 2 nitrogen and oxygen atoms in total. The first-order valence-corrected chi connectivity index (χ1v) is 9.47. The molecule has 5 aromatic rings. The molecular weight excluding hydrogens is 340 g/mol. The van der Waals surface area contributed by atoms with E-state index in [1.165, 1.54) is 10.9 Å². The van der Waals surface area contributed by atoms with Crippen molar-refractivity contribution in [3.63, 3.8) is 0 Å². The molecule has 0 saturated heterocycles. The minimum absolute atomic E-state index is 1.14. The van der Waals surface area contributed by atoms with E-state index in [4.69, 9.17) is 0 Å². The Bertz CT molecular complexity index is 1170. The van der Waals surface area contributed by atoms with Crippen LogP contribution in [0.5, 0.6) is 0 Å². The Hall–Kier alpha value is -3.78. The zero-order valence-corrected chi connectivity index (χ0v) is 15.4. The second kappa shape index (κ2) is 7.09. The first-order chi connectivity index (χ1) is 13.9. The molecule has 0 aliphatic rings. The number of rotatable bonds is 4. The SMILES string of the molecule is c1ccc(N(c2ccccc2)c2ccccc2-n2ccc3ccccc32)cc1. The molecule has 0 aliphatic carbocycles. The molecule has 0 unspecified atom stereocenters. The zero-order valence-electron chi connectivity index (χ0n) is 15.4. The van der Waals surface area contributed by atoms with E-state index in [-0.39, 0.29) is 0 Å². The topological polar surface area (TPSA) is 8.17 Å². The molecule has 0 saturated carbocycles. The molecule has 0 spiro atoms. The number of nitrogens with zero attached hydrogens (tertiary/aromatic N) is 2. The summed E-state index contributed by atoms with van der Waals surface area (Å²) < 4.78 is 2.27. The van der Waals surface area contributed by atoms with E-state index in [0.717, 1.165) is 22.7 Å². The molecular formula is C26H20N2. The Balaban J connectivity index is 1.75. The summed E-state index contributed by atoms with van der Waals surface area (Å²) in [4.78, 5) is 2.31. The number of para-hydroxylation sites is 5. The van der Waals surface area contributed by atoms with Crippen molar-refractivity contribution < 1.29 is 0 Å². The third kappa shape index (κ3) is 2.85. The van der Waals surface area contributed by atoms with Crippen LogP contribution in [-0.4, -0.2) is 4.57 Å². The van der Waals surface area contributed by atoms with Crippen LogP contribution in [0.4, 0.5) is 17.1 Å². The molecule has 1 aromatic heterocycles. The summed E-state index contributed by atoms with van der Waals surface area (Å²) in [6.45, 7) is 0. The van der Waals surface area contributed by atoms with E-state index >= 15 is 0 Å². The molecule has 0 aliphatic heterocycles. The van der Waals surface area contributed by atoms with Crippen molar-refractivity contribution >= 4 is 28.0 Å². The predicted octanol–water partition coefficient (Wildman–Crippen LogP) is 7.10. The minimum atomic E-state index is 1.14. The van der Waals surface area contributed by atoms with Gasteiger partial charge in [-0.3, -0.25) is 0 Å². The van der Waals surface area contributed by atoms with Crippen LogP contribution in [0.2, 0.25) is 0 Å². The van der Waals surface area contributed by atoms with Crippen molar-refractivity contribution in [1.29, 1.82) is 0 Å². The highest BCUT2D eigenvalue weighted by molar-refractivity contribution is 5.86.